The summed E-state index contributed by atoms with van der Waals surface area (Å²) >= 11 is 0. The molecule has 0 saturated carbocycles. The van der Waals surface area contributed by atoms with Gasteiger partial charge in [-0.05, 0) is 6.42 Å². The van der Waals surface area contributed by atoms with Crippen LogP contribution in [0.25, 0.3) is 4.98 Å². The van der Waals surface area contributed by atoms with E-state index in [-0.39, 0.29) is 23.5 Å². The van der Waals surface area contributed by atoms with E-state index >= 15 is 0 Å². The van der Waals surface area contributed by atoms with Gasteiger partial charge in [-0.2, -0.15) is 0 Å². The first-order valence-corrected chi connectivity index (χ1v) is 10.3. The Kier molecular flexibility index (Phi) is 14.6. The van der Waals surface area contributed by atoms with Crippen LogP contribution in [0.3, 0.4) is 0 Å². The second-order valence-electron chi connectivity index (χ2n) is 6.87. The fourth-order valence-corrected chi connectivity index (χ4v) is 2.74. The highest BCUT2D eigenvalue weighted by Gasteiger charge is 2.25. The zero-order valence-corrected chi connectivity index (χ0v) is 17.6. The SMILES string of the molecule is CCCCCCCCCCCCOC(=O)c1cc([N+]#N)ccc1[N+](=O)[O-].F[B-](F)(F)F. The number of unbranched alkanes of at least 4 members (excludes halogenated alkanes) is 9. The average Bonchev–Trinajstić information content (AvgIpc) is 2.70. The Labute approximate surface area is 179 Å². The molecule has 0 aliphatic carbocycles. The van der Waals surface area contributed by atoms with Crippen LogP contribution in [-0.4, -0.2) is 24.8 Å². The Balaban J connectivity index is 0.00000161. The first-order valence-electron chi connectivity index (χ1n) is 10.3. The molecule has 0 radical (unpaired) electrons. The van der Waals surface area contributed by atoms with Crippen LogP contribution in [-0.2, 0) is 4.74 Å². The highest BCUT2D eigenvalue weighted by atomic mass is 19.5. The lowest BCUT2D eigenvalue weighted by Crippen LogP contribution is -2.09. The van der Waals surface area contributed by atoms with E-state index < -0.39 is 18.1 Å². The zero-order chi connectivity index (χ0) is 23.7. The van der Waals surface area contributed by atoms with Crippen LogP contribution < -0.4 is 0 Å². The summed E-state index contributed by atoms with van der Waals surface area (Å²) in [5.74, 6) is -0.766. The zero-order valence-electron chi connectivity index (χ0n) is 17.6. The third kappa shape index (κ3) is 15.8. The Bertz CT molecular complexity index is 721. The largest absolute Gasteiger partial charge is 0.673 e. The predicted molar refractivity (Wildman–Crippen MR) is 110 cm³/mol. The molecule has 0 amide bonds. The number of diazo groups is 1. The van der Waals surface area contributed by atoms with E-state index in [1.54, 1.807) is 0 Å². The van der Waals surface area contributed by atoms with Crippen molar-refractivity contribution in [2.45, 2.75) is 71.1 Å². The number of benzene rings is 1. The number of hydrogen-bond donors (Lipinski definition) is 0. The maximum atomic E-state index is 12.0. The Morgan fingerprint density at radius 1 is 1.03 bits per heavy atom. The Morgan fingerprint density at radius 2 is 1.52 bits per heavy atom. The van der Waals surface area contributed by atoms with E-state index in [1.165, 1.54) is 51.0 Å². The first-order chi connectivity index (χ1) is 14.6. The quantitative estimate of drug-likeness (QED) is 0.0592. The number of carbonyl (C=O) groups is 1. The average molecular weight is 449 g/mol. The van der Waals surface area contributed by atoms with Gasteiger partial charge >= 0.3 is 18.9 Å². The number of ether oxygens (including phenoxy) is 1. The lowest BCUT2D eigenvalue weighted by atomic mass is 10.1. The molecule has 0 aliphatic heterocycles. The van der Waals surface area contributed by atoms with E-state index in [2.05, 4.69) is 11.9 Å². The summed E-state index contributed by atoms with van der Waals surface area (Å²) in [4.78, 5) is 25.3. The lowest BCUT2D eigenvalue weighted by Gasteiger charge is -2.05. The van der Waals surface area contributed by atoms with Crippen molar-refractivity contribution in [1.29, 1.82) is 5.39 Å². The molecule has 12 heteroatoms. The molecular weight excluding hydrogens is 421 g/mol. The number of nitro benzene ring substituents is 1. The third-order valence-corrected chi connectivity index (χ3v) is 4.24. The van der Waals surface area contributed by atoms with Crippen LogP contribution in [0.5, 0.6) is 0 Å². The fourth-order valence-electron chi connectivity index (χ4n) is 2.74. The van der Waals surface area contributed by atoms with Crippen LogP contribution in [0.4, 0.5) is 28.6 Å². The summed E-state index contributed by atoms with van der Waals surface area (Å²) in [6, 6.07) is 3.54. The van der Waals surface area contributed by atoms with Crippen molar-refractivity contribution in [2.75, 3.05) is 6.61 Å². The molecule has 1 aromatic carbocycles. The minimum absolute atomic E-state index is 0.0708. The van der Waals surface area contributed by atoms with Gasteiger partial charge in [-0.25, -0.2) is 4.79 Å². The summed E-state index contributed by atoms with van der Waals surface area (Å²) in [6.07, 6.45) is 11.7. The molecule has 0 saturated heterocycles. The van der Waals surface area contributed by atoms with Gasteiger partial charge in [0, 0.05) is 12.1 Å². The lowest BCUT2D eigenvalue weighted by molar-refractivity contribution is -0.385. The molecule has 0 fully saturated rings. The van der Waals surface area contributed by atoms with Gasteiger partial charge in [0.1, 0.15) is 5.56 Å². The van der Waals surface area contributed by atoms with Gasteiger partial charge in [-0.3, -0.25) is 10.1 Å². The molecule has 31 heavy (non-hydrogen) atoms. The predicted octanol–water partition coefficient (Wildman–Crippen LogP) is 7.46. The van der Waals surface area contributed by atoms with Gasteiger partial charge in [-0.1, -0.05) is 64.7 Å². The second-order valence-corrected chi connectivity index (χ2v) is 6.87. The molecule has 1 rings (SSSR count). The maximum Gasteiger partial charge on any atom is 0.673 e. The van der Waals surface area contributed by atoms with Crippen molar-refractivity contribution in [3.05, 3.63) is 38.9 Å². The van der Waals surface area contributed by atoms with Gasteiger partial charge in [-0.15, -0.1) is 0 Å². The molecule has 0 heterocycles. The molecule has 1 aromatic rings. The summed E-state index contributed by atoms with van der Waals surface area (Å²) < 4.78 is 44.1. The number of esters is 1. The van der Waals surface area contributed by atoms with E-state index in [4.69, 9.17) is 10.1 Å². The normalized spacial score (nSPS) is 10.6. The highest BCUT2D eigenvalue weighted by molar-refractivity contribution is 6.50. The number of nitro groups is 1. The topological polar surface area (TPSA) is 97.6 Å². The molecular formula is C19H28BF4N3O4. The van der Waals surface area contributed by atoms with Gasteiger partial charge in [0.15, 0.2) is 4.98 Å². The van der Waals surface area contributed by atoms with E-state index in [9.17, 15) is 32.2 Å². The van der Waals surface area contributed by atoms with E-state index in [0.717, 1.165) is 31.4 Å². The van der Waals surface area contributed by atoms with Crippen LogP contribution in [0.1, 0.15) is 81.5 Å². The molecule has 0 atom stereocenters. The molecule has 0 aliphatic rings. The van der Waals surface area contributed by atoms with Crippen molar-refractivity contribution in [3.63, 3.8) is 0 Å². The van der Waals surface area contributed by atoms with Crippen molar-refractivity contribution in [2.24, 2.45) is 0 Å². The molecule has 0 unspecified atom stereocenters. The van der Waals surface area contributed by atoms with Crippen molar-refractivity contribution in [3.8, 4) is 0 Å². The van der Waals surface area contributed by atoms with Crippen LogP contribution in [0.2, 0.25) is 0 Å². The van der Waals surface area contributed by atoms with Crippen LogP contribution >= 0.6 is 0 Å². The summed E-state index contributed by atoms with van der Waals surface area (Å²) in [6.45, 7) is 2.44. The summed E-state index contributed by atoms with van der Waals surface area (Å²) in [7, 11) is -6.00. The van der Waals surface area contributed by atoms with Crippen LogP contribution in [0.15, 0.2) is 18.2 Å². The minimum atomic E-state index is -6.00. The summed E-state index contributed by atoms with van der Waals surface area (Å²) in [5.41, 5.74) is -0.482. The molecule has 0 bridgehead atoms. The van der Waals surface area contributed by atoms with E-state index in [1.807, 2.05) is 0 Å². The van der Waals surface area contributed by atoms with Crippen LogP contribution in [0, 0.1) is 15.5 Å². The third-order valence-electron chi connectivity index (χ3n) is 4.24. The maximum absolute atomic E-state index is 12.0. The number of rotatable bonds is 13. The smallest absolute Gasteiger partial charge is 0.462 e. The number of halogens is 4. The van der Waals surface area contributed by atoms with Gasteiger partial charge in [0.05, 0.1) is 17.6 Å². The van der Waals surface area contributed by atoms with Crippen molar-refractivity contribution >= 4 is 24.6 Å². The van der Waals surface area contributed by atoms with Gasteiger partial charge < -0.3 is 22.0 Å². The number of nitrogens with zero attached hydrogens (tertiary/aromatic N) is 3. The van der Waals surface area contributed by atoms with Crippen molar-refractivity contribution in [1.82, 2.24) is 0 Å². The fraction of sp³-hybridized carbons (Fsp3) is 0.632. The van der Waals surface area contributed by atoms with Gasteiger partial charge in [0.25, 0.3) is 5.69 Å². The Hall–Kier alpha value is -2.71. The van der Waals surface area contributed by atoms with E-state index in [0.29, 0.717) is 0 Å². The standard InChI is InChI=1S/C19H28N3O4.BF4/c1-2-3-4-5-6-7-8-9-10-11-14-26-19(23)17-15-16(21-20)12-13-18(17)22(24)25;2-1(3,4)5/h12-13,15H,2-11,14H2,1H3;/q+1;-1. The Morgan fingerprint density at radius 3 is 1.97 bits per heavy atom. The molecule has 7 nitrogen and oxygen atoms in total. The molecule has 0 aromatic heterocycles. The molecule has 174 valence electrons. The van der Waals surface area contributed by atoms with Crippen molar-refractivity contribution < 1.29 is 31.7 Å². The second kappa shape index (κ2) is 16.0. The summed E-state index contributed by atoms with van der Waals surface area (Å²) in [5, 5.41) is 19.7. The first kappa shape index (κ1) is 28.3. The number of hydrogen-bond acceptors (Lipinski definition) is 5. The minimum Gasteiger partial charge on any atom is -0.462 e. The molecule has 0 N–H and O–H groups in total. The number of carbonyl (C=O) groups excluding carboxylic acids is 1. The highest BCUT2D eigenvalue weighted by Crippen LogP contribution is 2.25. The van der Waals surface area contributed by atoms with Gasteiger partial charge in [0.2, 0.25) is 5.39 Å². The monoisotopic (exact) mass is 449 g/mol. The molecule has 0 spiro atoms.